The number of nitrogens with zero attached hydrogens (tertiary/aromatic N) is 3. The van der Waals surface area contributed by atoms with Crippen molar-refractivity contribution in [3.63, 3.8) is 0 Å². The number of hydrogen-bond acceptors (Lipinski definition) is 8. The monoisotopic (exact) mass is 497 g/mol. The number of amides is 2. The summed E-state index contributed by atoms with van der Waals surface area (Å²) in [5.74, 6) is 0.311. The highest BCUT2D eigenvalue weighted by Gasteiger charge is 2.44. The molecule has 1 saturated carbocycles. The van der Waals surface area contributed by atoms with Gasteiger partial charge in [-0.15, -0.1) is 11.3 Å². The minimum absolute atomic E-state index is 0.100. The molecule has 3 N–H and O–H groups in total. The van der Waals surface area contributed by atoms with Gasteiger partial charge in [-0.2, -0.15) is 0 Å². The van der Waals surface area contributed by atoms with Gasteiger partial charge in [0.15, 0.2) is 5.01 Å². The molecular weight excluding hydrogens is 466 g/mol. The average molecular weight is 498 g/mol. The van der Waals surface area contributed by atoms with E-state index in [1.54, 1.807) is 6.20 Å². The van der Waals surface area contributed by atoms with Gasteiger partial charge in [0.05, 0.1) is 30.2 Å². The Hall–Kier alpha value is -2.56. The zero-order valence-electron chi connectivity index (χ0n) is 20.0. The van der Waals surface area contributed by atoms with Crippen LogP contribution in [0.3, 0.4) is 0 Å². The number of aromatic nitrogens is 2. The van der Waals surface area contributed by atoms with Crippen LogP contribution in [0.15, 0.2) is 12.3 Å². The fraction of sp³-hybridized carbons (Fsp3) is 0.600. The van der Waals surface area contributed by atoms with Crippen molar-refractivity contribution >= 4 is 29.0 Å². The van der Waals surface area contributed by atoms with Crippen LogP contribution in [0.2, 0.25) is 0 Å². The van der Waals surface area contributed by atoms with E-state index < -0.39 is 18.1 Å². The van der Waals surface area contributed by atoms with Gasteiger partial charge in [-0.1, -0.05) is 0 Å². The van der Waals surface area contributed by atoms with Crippen molar-refractivity contribution in [3.8, 4) is 10.4 Å². The van der Waals surface area contributed by atoms with Crippen molar-refractivity contribution in [3.05, 3.63) is 28.5 Å². The number of aliphatic hydroxyl groups excluding tert-OH is 1. The quantitative estimate of drug-likeness (QED) is 0.562. The van der Waals surface area contributed by atoms with Gasteiger partial charge in [-0.25, -0.2) is 9.97 Å². The molecule has 2 amide bonds. The van der Waals surface area contributed by atoms with Gasteiger partial charge >= 0.3 is 0 Å². The van der Waals surface area contributed by atoms with Gasteiger partial charge in [0, 0.05) is 29.4 Å². The van der Waals surface area contributed by atoms with E-state index in [2.05, 4.69) is 27.5 Å². The maximum Gasteiger partial charge on any atom is 0.280 e. The summed E-state index contributed by atoms with van der Waals surface area (Å²) in [7, 11) is 0. The molecule has 3 saturated heterocycles. The Balaban J connectivity index is 1.34. The molecule has 2 aromatic heterocycles. The van der Waals surface area contributed by atoms with Crippen molar-refractivity contribution in [1.29, 1.82) is 0 Å². The number of carbonyl (C=O) groups is 2. The molecule has 10 heteroatoms. The number of carbonyl (C=O) groups excluding carboxylic acids is 2. The van der Waals surface area contributed by atoms with Gasteiger partial charge in [0.25, 0.3) is 11.8 Å². The second kappa shape index (κ2) is 8.53. The van der Waals surface area contributed by atoms with Crippen LogP contribution in [0.4, 0.5) is 5.82 Å². The van der Waals surface area contributed by atoms with Crippen molar-refractivity contribution < 1.29 is 19.4 Å². The number of ether oxygens (including phenoxy) is 1. The molecule has 2 bridgehead atoms. The van der Waals surface area contributed by atoms with Gasteiger partial charge in [0.1, 0.15) is 11.5 Å². The highest BCUT2D eigenvalue weighted by atomic mass is 32.1. The highest BCUT2D eigenvalue weighted by molar-refractivity contribution is 7.17. The summed E-state index contributed by atoms with van der Waals surface area (Å²) in [5, 5.41) is 16.5. The van der Waals surface area contributed by atoms with Gasteiger partial charge in [-0.3, -0.25) is 9.59 Å². The molecular formula is C25H31N5O4S. The smallest absolute Gasteiger partial charge is 0.280 e. The Kier molecular flexibility index (Phi) is 5.58. The number of fused-ring (bicyclic) bond motifs is 2. The van der Waals surface area contributed by atoms with Crippen LogP contribution in [0.5, 0.6) is 0 Å². The predicted octanol–water partition coefficient (Wildman–Crippen LogP) is 2.73. The predicted molar refractivity (Wildman–Crippen MR) is 132 cm³/mol. The maximum atomic E-state index is 13.8. The van der Waals surface area contributed by atoms with E-state index in [1.807, 2.05) is 17.9 Å². The van der Waals surface area contributed by atoms with E-state index in [0.717, 1.165) is 55.5 Å². The highest BCUT2D eigenvalue weighted by Crippen LogP contribution is 2.42. The molecule has 0 aromatic carbocycles. The van der Waals surface area contributed by atoms with E-state index in [9.17, 15) is 14.7 Å². The van der Waals surface area contributed by atoms with Gasteiger partial charge in [0.2, 0.25) is 0 Å². The summed E-state index contributed by atoms with van der Waals surface area (Å²) in [6.45, 7) is 4.63. The van der Waals surface area contributed by atoms with Crippen LogP contribution in [0.25, 0.3) is 10.4 Å². The molecule has 6 rings (SSSR count). The summed E-state index contributed by atoms with van der Waals surface area (Å²) in [4.78, 5) is 38.7. The first-order valence-electron chi connectivity index (χ1n) is 12.5. The number of anilines is 1. The molecule has 4 aliphatic rings. The largest absolute Gasteiger partial charge is 0.388 e. The Labute approximate surface area is 208 Å². The van der Waals surface area contributed by atoms with Gasteiger partial charge in [-0.05, 0) is 64.0 Å². The lowest BCUT2D eigenvalue weighted by molar-refractivity contribution is 0.0725. The molecule has 0 spiro atoms. The number of thiazole rings is 1. The minimum Gasteiger partial charge on any atom is -0.388 e. The minimum atomic E-state index is -0.750. The summed E-state index contributed by atoms with van der Waals surface area (Å²) in [6.07, 6.45) is 7.40. The first-order chi connectivity index (χ1) is 16.8. The van der Waals surface area contributed by atoms with Crippen LogP contribution in [0, 0.1) is 6.92 Å². The van der Waals surface area contributed by atoms with E-state index in [0.29, 0.717) is 10.6 Å². The normalized spacial score (nSPS) is 28.4. The number of nitrogens with one attached hydrogen (secondary N) is 2. The van der Waals surface area contributed by atoms with Crippen LogP contribution < -0.4 is 10.6 Å². The first kappa shape index (κ1) is 22.9. The topological polar surface area (TPSA) is 117 Å². The van der Waals surface area contributed by atoms with E-state index >= 15 is 0 Å². The summed E-state index contributed by atoms with van der Waals surface area (Å²) < 4.78 is 5.25. The fourth-order valence-corrected chi connectivity index (χ4v) is 6.54. The van der Waals surface area contributed by atoms with E-state index in [1.165, 1.54) is 11.3 Å². The molecule has 0 radical (unpaired) electrons. The summed E-state index contributed by atoms with van der Waals surface area (Å²) in [6, 6.07) is 2.03. The fourth-order valence-electron chi connectivity index (χ4n) is 5.51. The Bertz CT molecular complexity index is 1160. The third kappa shape index (κ3) is 4.21. The standard InChI is InChI=1S/C25H31N5O4S/c1-13-9-19(29-25(2)7-8-25)26-10-16(13)21-20(24(33)30-14-3-4-15(30)6-5-14)28-23(35-21)22(32)27-17-11-34-12-18(17)31/h9-10,14-15,17-18,31H,3-8,11-12H2,1-2H3,(H,26,29)(H,27,32)/t14?,15?,17-,18-/m1/s1. The molecule has 186 valence electrons. The molecule has 4 fully saturated rings. The average Bonchev–Trinajstić information content (AvgIpc) is 3.30. The van der Waals surface area contributed by atoms with Crippen molar-refractivity contribution in [2.24, 2.45) is 0 Å². The van der Waals surface area contributed by atoms with Crippen LogP contribution in [-0.4, -0.2) is 74.8 Å². The first-order valence-corrected chi connectivity index (χ1v) is 13.3. The summed E-state index contributed by atoms with van der Waals surface area (Å²) in [5.41, 5.74) is 2.22. The molecule has 2 aromatic rings. The Morgan fingerprint density at radius 2 is 1.91 bits per heavy atom. The molecule has 35 heavy (non-hydrogen) atoms. The number of aryl methyl sites for hydroxylation is 1. The van der Waals surface area contributed by atoms with E-state index in [-0.39, 0.29) is 41.8 Å². The lowest BCUT2D eigenvalue weighted by atomic mass is 10.0. The second-order valence-electron chi connectivity index (χ2n) is 10.6. The lowest BCUT2D eigenvalue weighted by Crippen LogP contribution is -2.42. The number of hydrogen-bond donors (Lipinski definition) is 3. The van der Waals surface area contributed by atoms with Crippen LogP contribution >= 0.6 is 11.3 Å². The lowest BCUT2D eigenvalue weighted by Gasteiger charge is -2.21. The number of aliphatic hydroxyl groups is 1. The molecule has 2 atom stereocenters. The number of rotatable bonds is 6. The van der Waals surface area contributed by atoms with Crippen molar-refractivity contribution in [2.75, 3.05) is 18.5 Å². The molecule has 9 nitrogen and oxygen atoms in total. The summed E-state index contributed by atoms with van der Waals surface area (Å²) >= 11 is 1.21. The third-order valence-corrected chi connectivity index (χ3v) is 8.95. The molecule has 1 aliphatic carbocycles. The SMILES string of the molecule is Cc1cc(NC2(C)CC2)ncc1-c1sc(C(=O)N[C@@H]2COC[C@H]2O)nc1C(=O)N1C2CCC1CC2. The number of pyridine rings is 1. The van der Waals surface area contributed by atoms with Crippen LogP contribution in [-0.2, 0) is 4.74 Å². The zero-order chi connectivity index (χ0) is 24.3. The molecule has 5 heterocycles. The van der Waals surface area contributed by atoms with Crippen molar-refractivity contribution in [2.45, 2.75) is 82.1 Å². The Morgan fingerprint density at radius 3 is 2.51 bits per heavy atom. The second-order valence-corrected chi connectivity index (χ2v) is 11.6. The molecule has 0 unspecified atom stereocenters. The maximum absolute atomic E-state index is 13.8. The zero-order valence-corrected chi connectivity index (χ0v) is 20.9. The van der Waals surface area contributed by atoms with E-state index in [4.69, 9.17) is 4.74 Å². The Morgan fingerprint density at radius 1 is 1.20 bits per heavy atom. The van der Waals surface area contributed by atoms with Crippen molar-refractivity contribution in [1.82, 2.24) is 20.2 Å². The third-order valence-electron chi connectivity index (χ3n) is 7.86. The molecule has 3 aliphatic heterocycles. The van der Waals surface area contributed by atoms with Gasteiger partial charge < -0.3 is 25.4 Å². The van der Waals surface area contributed by atoms with Crippen LogP contribution in [0.1, 0.15) is 71.3 Å².